The van der Waals surface area contributed by atoms with Crippen LogP contribution in [0.15, 0.2) is 28.7 Å². The highest BCUT2D eigenvalue weighted by Gasteiger charge is 2.18. The van der Waals surface area contributed by atoms with Crippen molar-refractivity contribution in [2.75, 3.05) is 19.6 Å². The third kappa shape index (κ3) is 3.06. The Morgan fingerprint density at radius 1 is 1.38 bits per heavy atom. The fraction of sp³-hybridized carbons (Fsp3) is 0.538. The average molecular weight is 283 g/mol. The summed E-state index contributed by atoms with van der Waals surface area (Å²) in [5.74, 6) is 0.691. The van der Waals surface area contributed by atoms with Gasteiger partial charge in [-0.1, -0.05) is 34.1 Å². The summed E-state index contributed by atoms with van der Waals surface area (Å²) < 4.78 is 1.21. The first-order chi connectivity index (χ1) is 7.79. The van der Waals surface area contributed by atoms with Crippen molar-refractivity contribution in [2.24, 2.45) is 11.7 Å². The lowest BCUT2D eigenvalue weighted by Crippen LogP contribution is -2.37. The molecule has 1 aromatic carbocycles. The highest BCUT2D eigenvalue weighted by molar-refractivity contribution is 9.10. The van der Waals surface area contributed by atoms with Gasteiger partial charge in [0.1, 0.15) is 0 Å². The lowest BCUT2D eigenvalue weighted by molar-refractivity contribution is 0.171. The van der Waals surface area contributed by atoms with Gasteiger partial charge in [-0.25, -0.2) is 0 Å². The van der Waals surface area contributed by atoms with Crippen molar-refractivity contribution in [1.29, 1.82) is 0 Å². The molecule has 2 N–H and O–H groups in total. The maximum Gasteiger partial charge on any atom is 0.0245 e. The summed E-state index contributed by atoms with van der Waals surface area (Å²) >= 11 is 3.60. The summed E-state index contributed by atoms with van der Waals surface area (Å²) in [5.41, 5.74) is 7.13. The maximum atomic E-state index is 5.75. The number of nitrogens with two attached hydrogens (primary N) is 1. The van der Waals surface area contributed by atoms with Crippen LogP contribution in [0.2, 0.25) is 0 Å². The molecule has 0 aliphatic carbocycles. The van der Waals surface area contributed by atoms with Crippen molar-refractivity contribution in [3.8, 4) is 0 Å². The molecule has 16 heavy (non-hydrogen) atoms. The Hall–Kier alpha value is -0.380. The fourth-order valence-corrected chi connectivity index (χ4v) is 2.76. The molecule has 1 aliphatic heterocycles. The van der Waals surface area contributed by atoms with Gasteiger partial charge in [-0.15, -0.1) is 0 Å². The smallest absolute Gasteiger partial charge is 0.0245 e. The molecule has 1 saturated heterocycles. The SMILES string of the molecule is NCC1CCCN(Cc2ccccc2Br)C1. The number of benzene rings is 1. The maximum absolute atomic E-state index is 5.75. The molecule has 2 rings (SSSR count). The molecule has 1 heterocycles. The molecule has 1 unspecified atom stereocenters. The van der Waals surface area contributed by atoms with Crippen LogP contribution in [0.25, 0.3) is 0 Å². The topological polar surface area (TPSA) is 29.3 Å². The van der Waals surface area contributed by atoms with Crippen molar-refractivity contribution in [1.82, 2.24) is 4.90 Å². The molecule has 0 bridgehead atoms. The van der Waals surface area contributed by atoms with Gasteiger partial charge in [0.15, 0.2) is 0 Å². The summed E-state index contributed by atoms with van der Waals surface area (Å²) in [4.78, 5) is 2.52. The van der Waals surface area contributed by atoms with Crippen molar-refractivity contribution < 1.29 is 0 Å². The van der Waals surface area contributed by atoms with E-state index in [9.17, 15) is 0 Å². The molecule has 0 saturated carbocycles. The van der Waals surface area contributed by atoms with E-state index in [1.165, 1.54) is 29.4 Å². The molecular formula is C13H19BrN2. The average Bonchev–Trinajstić information content (AvgIpc) is 2.32. The van der Waals surface area contributed by atoms with E-state index in [4.69, 9.17) is 5.73 Å². The highest BCUT2D eigenvalue weighted by Crippen LogP contribution is 2.21. The minimum atomic E-state index is 0.691. The summed E-state index contributed by atoms with van der Waals surface area (Å²) in [5, 5.41) is 0. The van der Waals surface area contributed by atoms with Crippen LogP contribution in [-0.4, -0.2) is 24.5 Å². The quantitative estimate of drug-likeness (QED) is 0.924. The lowest BCUT2D eigenvalue weighted by atomic mass is 9.98. The van der Waals surface area contributed by atoms with Gasteiger partial charge in [0.25, 0.3) is 0 Å². The Bertz CT molecular complexity index is 340. The van der Waals surface area contributed by atoms with Gasteiger partial charge in [0.05, 0.1) is 0 Å². The normalized spacial score (nSPS) is 22.2. The number of halogens is 1. The second-order valence-electron chi connectivity index (χ2n) is 4.57. The molecule has 0 radical (unpaired) electrons. The number of hydrogen-bond acceptors (Lipinski definition) is 2. The van der Waals surface area contributed by atoms with Gasteiger partial charge >= 0.3 is 0 Å². The molecule has 0 amide bonds. The largest absolute Gasteiger partial charge is 0.330 e. The zero-order chi connectivity index (χ0) is 11.4. The Morgan fingerprint density at radius 2 is 2.19 bits per heavy atom. The van der Waals surface area contributed by atoms with E-state index in [1.54, 1.807) is 0 Å². The molecule has 88 valence electrons. The molecule has 3 heteroatoms. The van der Waals surface area contributed by atoms with Crippen LogP contribution in [0.5, 0.6) is 0 Å². The first-order valence-corrected chi connectivity index (χ1v) is 6.74. The fourth-order valence-electron chi connectivity index (χ4n) is 2.35. The van der Waals surface area contributed by atoms with E-state index in [2.05, 4.69) is 45.1 Å². The van der Waals surface area contributed by atoms with Crippen molar-refractivity contribution >= 4 is 15.9 Å². The number of piperidine rings is 1. The van der Waals surface area contributed by atoms with E-state index < -0.39 is 0 Å². The number of rotatable bonds is 3. The molecule has 2 nitrogen and oxygen atoms in total. The van der Waals surface area contributed by atoms with Crippen molar-refractivity contribution in [2.45, 2.75) is 19.4 Å². The van der Waals surface area contributed by atoms with Crippen molar-refractivity contribution in [3.05, 3.63) is 34.3 Å². The third-order valence-corrected chi connectivity index (χ3v) is 4.06. The lowest BCUT2D eigenvalue weighted by Gasteiger charge is -2.32. The molecule has 1 fully saturated rings. The number of hydrogen-bond donors (Lipinski definition) is 1. The van der Waals surface area contributed by atoms with Crippen LogP contribution < -0.4 is 5.73 Å². The molecule has 0 spiro atoms. The molecule has 1 aliphatic rings. The second-order valence-corrected chi connectivity index (χ2v) is 5.42. The van der Waals surface area contributed by atoms with Crippen LogP contribution in [-0.2, 0) is 6.54 Å². The predicted molar refractivity (Wildman–Crippen MR) is 71.2 cm³/mol. The van der Waals surface area contributed by atoms with Crippen LogP contribution in [0.3, 0.4) is 0 Å². The van der Waals surface area contributed by atoms with Gasteiger partial charge in [0, 0.05) is 17.6 Å². The zero-order valence-electron chi connectivity index (χ0n) is 9.53. The Morgan fingerprint density at radius 3 is 2.94 bits per heavy atom. The minimum absolute atomic E-state index is 0.691. The monoisotopic (exact) mass is 282 g/mol. The van der Waals surface area contributed by atoms with E-state index >= 15 is 0 Å². The number of nitrogens with zero attached hydrogens (tertiary/aromatic N) is 1. The summed E-state index contributed by atoms with van der Waals surface area (Å²) in [6.07, 6.45) is 2.58. The van der Waals surface area contributed by atoms with Crippen LogP contribution in [0.1, 0.15) is 18.4 Å². The van der Waals surface area contributed by atoms with Crippen LogP contribution in [0.4, 0.5) is 0 Å². The molecule has 0 aromatic heterocycles. The van der Waals surface area contributed by atoms with Crippen LogP contribution in [0, 0.1) is 5.92 Å². The first-order valence-electron chi connectivity index (χ1n) is 5.95. The van der Waals surface area contributed by atoms with E-state index in [0.29, 0.717) is 5.92 Å². The summed E-state index contributed by atoms with van der Waals surface area (Å²) in [6.45, 7) is 4.22. The first kappa shape index (κ1) is 12.1. The Labute approximate surface area is 106 Å². The molecule has 1 atom stereocenters. The van der Waals surface area contributed by atoms with Crippen LogP contribution >= 0.6 is 15.9 Å². The highest BCUT2D eigenvalue weighted by atomic mass is 79.9. The summed E-state index contributed by atoms with van der Waals surface area (Å²) in [6, 6.07) is 8.47. The van der Waals surface area contributed by atoms with Gasteiger partial charge in [0.2, 0.25) is 0 Å². The van der Waals surface area contributed by atoms with Gasteiger partial charge < -0.3 is 5.73 Å². The van der Waals surface area contributed by atoms with E-state index in [-0.39, 0.29) is 0 Å². The standard InChI is InChI=1S/C13H19BrN2/c14-13-6-2-1-5-12(13)10-16-7-3-4-11(8-15)9-16/h1-2,5-6,11H,3-4,7-10,15H2. The second kappa shape index (κ2) is 5.80. The van der Waals surface area contributed by atoms with E-state index in [1.807, 2.05) is 0 Å². The van der Waals surface area contributed by atoms with Crippen molar-refractivity contribution in [3.63, 3.8) is 0 Å². The summed E-state index contributed by atoms with van der Waals surface area (Å²) in [7, 11) is 0. The van der Waals surface area contributed by atoms with E-state index in [0.717, 1.165) is 19.6 Å². The minimum Gasteiger partial charge on any atom is -0.330 e. The third-order valence-electron chi connectivity index (χ3n) is 3.29. The zero-order valence-corrected chi connectivity index (χ0v) is 11.1. The molecule has 1 aromatic rings. The molecular weight excluding hydrogens is 264 g/mol. The number of likely N-dealkylation sites (tertiary alicyclic amines) is 1. The Kier molecular flexibility index (Phi) is 4.38. The Balaban J connectivity index is 1.97. The van der Waals surface area contributed by atoms with Gasteiger partial charge in [-0.2, -0.15) is 0 Å². The predicted octanol–water partition coefficient (Wildman–Crippen LogP) is 2.62. The van der Waals surface area contributed by atoms with Gasteiger partial charge in [-0.3, -0.25) is 4.90 Å². The van der Waals surface area contributed by atoms with Gasteiger partial charge in [-0.05, 0) is 43.5 Å².